The fourth-order valence-electron chi connectivity index (χ4n) is 1.50. The number of rotatable bonds is 3. The van der Waals surface area contributed by atoms with E-state index < -0.39 is 0 Å². The first-order chi connectivity index (χ1) is 5.33. The Kier molecular flexibility index (Phi) is 3.57. The molecule has 1 atom stereocenters. The molecule has 2 heteroatoms. The predicted octanol–water partition coefficient (Wildman–Crippen LogP) is 2.04. The molecule has 1 rings (SSSR count). The molecule has 0 spiro atoms. The third-order valence-electron chi connectivity index (χ3n) is 1.99. The summed E-state index contributed by atoms with van der Waals surface area (Å²) in [5, 5.41) is 0. The molecule has 0 aliphatic heterocycles. The summed E-state index contributed by atoms with van der Waals surface area (Å²) in [6.07, 6.45) is 5.10. The molecule has 64 valence electrons. The van der Waals surface area contributed by atoms with Crippen LogP contribution in [0, 0.1) is 0 Å². The van der Waals surface area contributed by atoms with Gasteiger partial charge in [-0.1, -0.05) is 0 Å². The smallest absolute Gasteiger partial charge is 0.0704 e. The summed E-state index contributed by atoms with van der Waals surface area (Å²) in [5.74, 6) is 0. The summed E-state index contributed by atoms with van der Waals surface area (Å²) in [6, 6.07) is 0.355. The molecule has 0 heterocycles. The highest BCUT2D eigenvalue weighted by Gasteiger charge is 2.09. The fourth-order valence-corrected chi connectivity index (χ4v) is 1.50. The molecule has 1 saturated carbocycles. The van der Waals surface area contributed by atoms with Crippen LogP contribution in [0.1, 0.15) is 32.6 Å². The van der Waals surface area contributed by atoms with E-state index in [1.54, 1.807) is 7.11 Å². The lowest BCUT2D eigenvalue weighted by Crippen LogP contribution is -2.09. The molecule has 0 amide bonds. The predicted molar refractivity (Wildman–Crippen MR) is 47.2 cm³/mol. The van der Waals surface area contributed by atoms with Gasteiger partial charge in [0.2, 0.25) is 0 Å². The van der Waals surface area contributed by atoms with Gasteiger partial charge >= 0.3 is 0 Å². The molecule has 0 bridgehead atoms. The van der Waals surface area contributed by atoms with Crippen LogP contribution in [0.2, 0.25) is 0 Å². The monoisotopic (exact) mass is 155 g/mol. The van der Waals surface area contributed by atoms with Crippen LogP contribution in [0.5, 0.6) is 0 Å². The number of hydrogen-bond acceptors (Lipinski definition) is 2. The van der Waals surface area contributed by atoms with Crippen molar-refractivity contribution in [1.29, 1.82) is 0 Å². The van der Waals surface area contributed by atoms with E-state index in [4.69, 9.17) is 4.74 Å². The Balaban J connectivity index is 2.30. The second-order valence-electron chi connectivity index (χ2n) is 3.21. The zero-order valence-corrected chi connectivity index (χ0v) is 7.47. The summed E-state index contributed by atoms with van der Waals surface area (Å²) in [6.45, 7) is 2.86. The van der Waals surface area contributed by atoms with Gasteiger partial charge in [-0.05, 0) is 32.6 Å². The van der Waals surface area contributed by atoms with Crippen molar-refractivity contribution in [3.63, 3.8) is 0 Å². The van der Waals surface area contributed by atoms with Gasteiger partial charge in [0.25, 0.3) is 0 Å². The second kappa shape index (κ2) is 4.50. The maximum atomic E-state index is 5.01. The first-order valence-electron chi connectivity index (χ1n) is 4.37. The largest absolute Gasteiger partial charge is 0.382 e. The summed E-state index contributed by atoms with van der Waals surface area (Å²) < 4.78 is 5.01. The van der Waals surface area contributed by atoms with E-state index >= 15 is 0 Å². The van der Waals surface area contributed by atoms with Gasteiger partial charge in [-0.2, -0.15) is 0 Å². The number of nitrogens with zero attached hydrogens (tertiary/aromatic N) is 1. The van der Waals surface area contributed by atoms with Crippen molar-refractivity contribution < 1.29 is 4.74 Å². The maximum Gasteiger partial charge on any atom is 0.0704 e. The van der Waals surface area contributed by atoms with Crippen LogP contribution in [0.25, 0.3) is 0 Å². The van der Waals surface area contributed by atoms with Crippen molar-refractivity contribution >= 4 is 5.71 Å². The zero-order valence-electron chi connectivity index (χ0n) is 7.47. The highest BCUT2D eigenvalue weighted by atomic mass is 16.5. The van der Waals surface area contributed by atoms with Crippen LogP contribution in [0.3, 0.4) is 0 Å². The van der Waals surface area contributed by atoms with Gasteiger partial charge < -0.3 is 4.74 Å². The minimum Gasteiger partial charge on any atom is -0.382 e. The standard InChI is InChI=1S/C9H17NO/c1-8(7-11-2)10-9-5-3-4-6-9/h8H,3-7H2,1-2H3. The average Bonchev–Trinajstić information content (AvgIpc) is 2.40. The van der Waals surface area contributed by atoms with Crippen LogP contribution in [-0.4, -0.2) is 25.5 Å². The molecule has 0 aromatic carbocycles. The minimum absolute atomic E-state index is 0.355. The molecule has 2 nitrogen and oxygen atoms in total. The number of hydrogen-bond donors (Lipinski definition) is 0. The fraction of sp³-hybridized carbons (Fsp3) is 0.889. The summed E-state index contributed by atoms with van der Waals surface area (Å²) >= 11 is 0. The molecule has 0 aromatic heterocycles. The molecular formula is C9H17NO. The lowest BCUT2D eigenvalue weighted by Gasteiger charge is -2.05. The highest BCUT2D eigenvalue weighted by molar-refractivity contribution is 5.86. The summed E-state index contributed by atoms with van der Waals surface area (Å²) in [7, 11) is 1.73. The Morgan fingerprint density at radius 2 is 2.09 bits per heavy atom. The van der Waals surface area contributed by atoms with Gasteiger partial charge in [0.15, 0.2) is 0 Å². The number of aliphatic imine (C=N–C) groups is 1. The van der Waals surface area contributed by atoms with Crippen LogP contribution in [0.4, 0.5) is 0 Å². The van der Waals surface area contributed by atoms with Crippen molar-refractivity contribution in [3.05, 3.63) is 0 Å². The van der Waals surface area contributed by atoms with Gasteiger partial charge in [-0.15, -0.1) is 0 Å². The van der Waals surface area contributed by atoms with E-state index in [1.807, 2.05) is 0 Å². The van der Waals surface area contributed by atoms with E-state index in [-0.39, 0.29) is 0 Å². The van der Waals surface area contributed by atoms with E-state index in [0.717, 1.165) is 6.61 Å². The van der Waals surface area contributed by atoms with Gasteiger partial charge in [0, 0.05) is 12.8 Å². The van der Waals surface area contributed by atoms with Crippen molar-refractivity contribution in [2.75, 3.05) is 13.7 Å². The number of ether oxygens (including phenoxy) is 1. The minimum atomic E-state index is 0.355. The van der Waals surface area contributed by atoms with Crippen molar-refractivity contribution in [3.8, 4) is 0 Å². The second-order valence-corrected chi connectivity index (χ2v) is 3.21. The molecule has 1 aliphatic carbocycles. The first kappa shape index (κ1) is 8.72. The molecule has 1 unspecified atom stereocenters. The Labute approximate surface area is 68.7 Å². The lowest BCUT2D eigenvalue weighted by molar-refractivity contribution is 0.186. The van der Waals surface area contributed by atoms with Crippen molar-refractivity contribution in [2.45, 2.75) is 38.6 Å². The molecule has 0 aromatic rings. The van der Waals surface area contributed by atoms with Crippen molar-refractivity contribution in [2.24, 2.45) is 4.99 Å². The van der Waals surface area contributed by atoms with Gasteiger partial charge in [-0.25, -0.2) is 0 Å². The quantitative estimate of drug-likeness (QED) is 0.611. The summed E-state index contributed by atoms with van der Waals surface area (Å²) in [4.78, 5) is 4.56. The van der Waals surface area contributed by atoms with E-state index in [2.05, 4.69) is 11.9 Å². The molecule has 1 aliphatic rings. The van der Waals surface area contributed by atoms with Crippen molar-refractivity contribution in [1.82, 2.24) is 0 Å². The first-order valence-corrected chi connectivity index (χ1v) is 4.37. The van der Waals surface area contributed by atoms with E-state index in [0.29, 0.717) is 6.04 Å². The normalized spacial score (nSPS) is 20.4. The van der Waals surface area contributed by atoms with E-state index in [9.17, 15) is 0 Å². The third kappa shape index (κ3) is 3.02. The molecule has 0 N–H and O–H groups in total. The topological polar surface area (TPSA) is 21.6 Å². The summed E-state index contributed by atoms with van der Waals surface area (Å²) in [5.41, 5.74) is 1.40. The molecule has 0 saturated heterocycles. The maximum absolute atomic E-state index is 5.01. The SMILES string of the molecule is COCC(C)N=C1CCCC1. The Bertz CT molecular complexity index is 134. The molecule has 0 radical (unpaired) electrons. The van der Waals surface area contributed by atoms with E-state index in [1.165, 1.54) is 31.4 Å². The van der Waals surface area contributed by atoms with Crippen LogP contribution >= 0.6 is 0 Å². The molecular weight excluding hydrogens is 138 g/mol. The highest BCUT2D eigenvalue weighted by Crippen LogP contribution is 2.15. The zero-order chi connectivity index (χ0) is 8.10. The molecule has 11 heavy (non-hydrogen) atoms. The molecule has 1 fully saturated rings. The Morgan fingerprint density at radius 1 is 1.45 bits per heavy atom. The lowest BCUT2D eigenvalue weighted by atomic mass is 10.3. The van der Waals surface area contributed by atoms with Gasteiger partial charge in [0.1, 0.15) is 0 Å². The Hall–Kier alpha value is -0.370. The Morgan fingerprint density at radius 3 is 2.64 bits per heavy atom. The van der Waals surface area contributed by atoms with Crippen LogP contribution < -0.4 is 0 Å². The van der Waals surface area contributed by atoms with Crippen LogP contribution in [0.15, 0.2) is 4.99 Å². The van der Waals surface area contributed by atoms with Gasteiger partial charge in [-0.3, -0.25) is 4.99 Å². The van der Waals surface area contributed by atoms with Gasteiger partial charge in [0.05, 0.1) is 12.6 Å². The average molecular weight is 155 g/mol. The van der Waals surface area contributed by atoms with Crippen LogP contribution in [-0.2, 0) is 4.74 Å². The number of methoxy groups -OCH3 is 1. The third-order valence-corrected chi connectivity index (χ3v) is 1.99.